The minimum absolute atomic E-state index is 0. The first-order valence-corrected chi connectivity index (χ1v) is 10.2. The first-order chi connectivity index (χ1) is 14.0. The number of rotatable bonds is 7. The van der Waals surface area contributed by atoms with E-state index in [1.54, 1.807) is 20.8 Å². The van der Waals surface area contributed by atoms with Crippen LogP contribution in [0.25, 0.3) is 0 Å². The van der Waals surface area contributed by atoms with Crippen molar-refractivity contribution in [3.63, 3.8) is 0 Å². The minimum Gasteiger partial charge on any atom is -0.469 e. The van der Waals surface area contributed by atoms with E-state index in [4.69, 9.17) is 18.9 Å². The molecule has 3 saturated heterocycles. The second kappa shape index (κ2) is 17.2. The lowest BCUT2D eigenvalue weighted by molar-refractivity contribution is -0.166. The second-order valence-electron chi connectivity index (χ2n) is 9.20. The van der Waals surface area contributed by atoms with Gasteiger partial charge in [-0.15, -0.1) is 0 Å². The van der Waals surface area contributed by atoms with E-state index in [9.17, 15) is 24.0 Å². The number of hydrogen-bond acceptors (Lipinski definition) is 9. The summed E-state index contributed by atoms with van der Waals surface area (Å²) in [4.78, 5) is 61.3. The molecular formula is C29H60O9. The molecule has 0 aromatic heterocycles. The summed E-state index contributed by atoms with van der Waals surface area (Å²) in [6.45, 7) is 5.20. The van der Waals surface area contributed by atoms with E-state index in [0.29, 0.717) is 19.4 Å². The molecule has 3 fully saturated rings. The summed E-state index contributed by atoms with van der Waals surface area (Å²) in [6, 6.07) is 0. The molecule has 5 atom stereocenters. The number of hydrogen-bond donors (Lipinski definition) is 0. The Morgan fingerprint density at radius 3 is 1.89 bits per heavy atom. The molecule has 9 heteroatoms. The Hall–Kier alpha value is -2.45. The van der Waals surface area contributed by atoms with Crippen LogP contribution in [0.2, 0.25) is 0 Å². The molecule has 0 aromatic carbocycles. The van der Waals surface area contributed by atoms with Crippen LogP contribution in [0.4, 0.5) is 0 Å². The van der Waals surface area contributed by atoms with E-state index in [2.05, 4.69) is 0 Å². The zero-order valence-corrected chi connectivity index (χ0v) is 17.8. The Bertz CT molecular complexity index is 793. The molecule has 0 bridgehead atoms. The van der Waals surface area contributed by atoms with Crippen LogP contribution >= 0.6 is 0 Å². The van der Waals surface area contributed by atoms with Crippen molar-refractivity contribution in [2.45, 2.75) is 124 Å². The van der Waals surface area contributed by atoms with Gasteiger partial charge in [-0.1, -0.05) is 66.3 Å². The zero-order chi connectivity index (χ0) is 22.3. The predicted octanol–water partition coefficient (Wildman–Crippen LogP) is 6.79. The zero-order valence-electron chi connectivity index (χ0n) is 17.8. The topological polar surface area (TPSA) is 122 Å². The van der Waals surface area contributed by atoms with E-state index >= 15 is 0 Å². The van der Waals surface area contributed by atoms with Crippen molar-refractivity contribution in [2.75, 3.05) is 13.7 Å². The molecule has 0 N–H and O–H groups in total. The molecule has 0 radical (unpaired) electrons. The van der Waals surface area contributed by atoms with Crippen molar-refractivity contribution in [3.05, 3.63) is 0 Å². The van der Waals surface area contributed by atoms with E-state index in [1.807, 2.05) is 0 Å². The molecular weight excluding hydrogens is 492 g/mol. The number of ether oxygens (including phenoxy) is 4. The highest BCUT2D eigenvalue weighted by molar-refractivity contribution is 5.99. The van der Waals surface area contributed by atoms with Crippen molar-refractivity contribution in [1.29, 1.82) is 0 Å². The van der Waals surface area contributed by atoms with Crippen molar-refractivity contribution in [1.82, 2.24) is 0 Å². The van der Waals surface area contributed by atoms with Crippen LogP contribution in [-0.2, 0) is 42.9 Å². The highest BCUT2D eigenvalue weighted by Crippen LogP contribution is 2.49. The fourth-order valence-electron chi connectivity index (χ4n) is 5.09. The third kappa shape index (κ3) is 8.53. The van der Waals surface area contributed by atoms with Gasteiger partial charge in [-0.25, -0.2) is 0 Å². The highest BCUT2D eigenvalue weighted by atomic mass is 16.6. The van der Waals surface area contributed by atoms with Crippen LogP contribution in [0.5, 0.6) is 0 Å². The predicted molar refractivity (Wildman–Crippen MR) is 153 cm³/mol. The molecule has 0 aliphatic carbocycles. The van der Waals surface area contributed by atoms with E-state index in [0.717, 1.165) is 0 Å². The third-order valence-electron chi connectivity index (χ3n) is 6.97. The number of cyclic esters (lactones) is 4. The fourth-order valence-corrected chi connectivity index (χ4v) is 5.09. The number of carbonyl (C=O) groups is 5. The molecule has 0 amide bonds. The van der Waals surface area contributed by atoms with Crippen molar-refractivity contribution in [2.24, 2.45) is 22.7 Å². The lowest BCUT2D eigenvalue weighted by Crippen LogP contribution is -2.45. The maximum absolute atomic E-state index is 12.7. The summed E-state index contributed by atoms with van der Waals surface area (Å²) in [5.41, 5.74) is -3.10. The molecule has 3 aliphatic rings. The average molecular weight is 553 g/mol. The summed E-state index contributed by atoms with van der Waals surface area (Å²) in [5.74, 6) is -4.58. The van der Waals surface area contributed by atoms with Gasteiger partial charge in [-0.05, 0) is 39.5 Å². The summed E-state index contributed by atoms with van der Waals surface area (Å²) in [5, 5.41) is 0. The quantitative estimate of drug-likeness (QED) is 0.191. The maximum Gasteiger partial charge on any atom is 0.318 e. The van der Waals surface area contributed by atoms with Gasteiger partial charge in [0.1, 0.15) is 5.60 Å². The van der Waals surface area contributed by atoms with Crippen molar-refractivity contribution >= 4 is 29.8 Å². The van der Waals surface area contributed by atoms with Gasteiger partial charge in [-0.2, -0.15) is 0 Å². The lowest BCUT2D eigenvalue weighted by atomic mass is 9.66. The van der Waals surface area contributed by atoms with Gasteiger partial charge < -0.3 is 18.9 Å². The SMILES string of the molecule is C.C.C.C.C.C.C.C.COC(=O)C(C)(CCC1(CC2(C)CCOC2=O)CCC(=O)O1)C1C(=O)OC(=O)C1C. The highest BCUT2D eigenvalue weighted by Gasteiger charge is 2.58. The summed E-state index contributed by atoms with van der Waals surface area (Å²) in [7, 11) is 1.22. The monoisotopic (exact) mass is 552 g/mol. The Morgan fingerprint density at radius 2 is 1.53 bits per heavy atom. The molecule has 3 aliphatic heterocycles. The van der Waals surface area contributed by atoms with Crippen LogP contribution in [-0.4, -0.2) is 49.2 Å². The molecule has 0 spiro atoms. The first-order valence-electron chi connectivity index (χ1n) is 10.2. The van der Waals surface area contributed by atoms with Gasteiger partial charge in [0.05, 0.1) is 36.4 Å². The van der Waals surface area contributed by atoms with E-state index < -0.39 is 46.2 Å². The van der Waals surface area contributed by atoms with Crippen LogP contribution in [0.1, 0.15) is 119 Å². The Balaban J connectivity index is -0.000000320. The van der Waals surface area contributed by atoms with Crippen molar-refractivity contribution < 1.29 is 42.9 Å². The molecule has 3 heterocycles. The fraction of sp³-hybridized carbons (Fsp3) is 0.828. The smallest absolute Gasteiger partial charge is 0.318 e. The summed E-state index contributed by atoms with van der Waals surface area (Å²) in [6.07, 6.45) is 1.74. The van der Waals surface area contributed by atoms with Gasteiger partial charge in [0.2, 0.25) is 0 Å². The van der Waals surface area contributed by atoms with E-state index in [-0.39, 0.29) is 97.0 Å². The van der Waals surface area contributed by atoms with Crippen LogP contribution in [0.15, 0.2) is 0 Å². The van der Waals surface area contributed by atoms with Crippen molar-refractivity contribution in [3.8, 4) is 0 Å². The van der Waals surface area contributed by atoms with Gasteiger partial charge in [0.25, 0.3) is 0 Å². The maximum atomic E-state index is 12.7. The van der Waals surface area contributed by atoms with Gasteiger partial charge in [0, 0.05) is 12.8 Å². The van der Waals surface area contributed by atoms with Crippen LogP contribution in [0.3, 0.4) is 0 Å². The normalized spacial score (nSPS) is 28.1. The number of esters is 5. The first kappa shape index (κ1) is 48.6. The summed E-state index contributed by atoms with van der Waals surface area (Å²) < 4.78 is 20.5. The number of methoxy groups -OCH3 is 1. The van der Waals surface area contributed by atoms with Gasteiger partial charge in [-0.3, -0.25) is 24.0 Å². The largest absolute Gasteiger partial charge is 0.469 e. The Morgan fingerprint density at radius 1 is 0.974 bits per heavy atom. The van der Waals surface area contributed by atoms with Gasteiger partial charge >= 0.3 is 29.8 Å². The number of carbonyl (C=O) groups excluding carboxylic acids is 5. The third-order valence-corrected chi connectivity index (χ3v) is 6.97. The van der Waals surface area contributed by atoms with Gasteiger partial charge in [0.15, 0.2) is 0 Å². The second-order valence-corrected chi connectivity index (χ2v) is 9.20. The van der Waals surface area contributed by atoms with Crippen LogP contribution in [0, 0.1) is 22.7 Å². The Kier molecular flexibility index (Phi) is 22.0. The minimum atomic E-state index is -1.35. The lowest BCUT2D eigenvalue weighted by Gasteiger charge is -2.38. The average Bonchev–Trinajstić information content (AvgIpc) is 3.29. The molecule has 38 heavy (non-hydrogen) atoms. The molecule has 230 valence electrons. The molecule has 0 aromatic rings. The summed E-state index contributed by atoms with van der Waals surface area (Å²) >= 11 is 0. The van der Waals surface area contributed by atoms with E-state index in [1.165, 1.54) is 7.11 Å². The Labute approximate surface area is 233 Å². The standard InChI is InChI=1S/C21H28O9.8CH4/c1-12-14(16(24)29-15(12)23)20(3,18(26)27-4)7-8-21(6-5-13(22)30-21)11-19(2)9-10-28-17(19)25;;;;;;;;/h12,14H,5-11H2,1-4H3;8*1H4. The molecule has 5 unspecified atom stereocenters. The molecule has 0 saturated carbocycles. The van der Waals surface area contributed by atoms with Crippen LogP contribution < -0.4 is 0 Å². The molecule has 9 nitrogen and oxygen atoms in total. The molecule has 3 rings (SSSR count).